The minimum atomic E-state index is -5.08. The van der Waals surface area contributed by atoms with Gasteiger partial charge in [0.15, 0.2) is 0 Å². The molecule has 0 amide bonds. The van der Waals surface area contributed by atoms with E-state index in [9.17, 15) is 31.5 Å². The Morgan fingerprint density at radius 3 is 2.10 bits per heavy atom. The smallest absolute Gasteiger partial charge is 0.478 e. The summed E-state index contributed by atoms with van der Waals surface area (Å²) < 4.78 is 59.9. The number of alkyl halides is 3. The van der Waals surface area contributed by atoms with E-state index in [1.54, 1.807) is 30.3 Å². The zero-order chi connectivity index (χ0) is 30.1. The first-order chi connectivity index (χ1) is 18.6. The topological polar surface area (TPSA) is 151 Å². The van der Waals surface area contributed by atoms with E-state index in [1.165, 1.54) is 12.1 Å². The van der Waals surface area contributed by atoms with Gasteiger partial charge >= 0.3 is 18.1 Å². The van der Waals surface area contributed by atoms with Crippen molar-refractivity contribution < 1.29 is 41.4 Å². The number of nitriles is 1. The minimum absolute atomic E-state index is 0.0326. The molecule has 0 unspecified atom stereocenters. The van der Waals surface area contributed by atoms with Gasteiger partial charge in [-0.25, -0.2) is 18.0 Å². The summed E-state index contributed by atoms with van der Waals surface area (Å²) in [6, 6.07) is 13.6. The molecule has 1 aliphatic heterocycles. The standard InChI is InChI=1S/C24H30N4O4S.C2HF3O2/c1-18(2)16-19-4-7-21(8-5-19)33(31,32)26-23-9-6-20(17-22(23)24(29)30)28-14-12-27(13-15-28)11-3-10-25;3-2(4,5)1(6)7/h4-9,17-18,26H,3,11-16H2,1-2H3,(H,29,30);(H,6,7). The number of hydrogen-bond donors (Lipinski definition) is 3. The molecule has 1 fully saturated rings. The molecule has 3 N–H and O–H groups in total. The maximum atomic E-state index is 12.9. The highest BCUT2D eigenvalue weighted by atomic mass is 32.2. The Labute approximate surface area is 230 Å². The van der Waals surface area contributed by atoms with Gasteiger partial charge in [0.25, 0.3) is 10.0 Å². The summed E-state index contributed by atoms with van der Waals surface area (Å²) in [4.78, 5) is 25.2. The molecule has 218 valence electrons. The molecule has 2 aromatic carbocycles. The van der Waals surface area contributed by atoms with Crippen molar-refractivity contribution in [3.8, 4) is 6.07 Å². The van der Waals surface area contributed by atoms with Gasteiger partial charge in [0.05, 0.1) is 22.2 Å². The molecule has 1 heterocycles. The normalized spacial score (nSPS) is 14.2. The Hall–Kier alpha value is -3.83. The number of nitrogens with zero attached hydrogens (tertiary/aromatic N) is 3. The summed E-state index contributed by atoms with van der Waals surface area (Å²) in [5, 5.41) is 25.6. The van der Waals surface area contributed by atoms with E-state index in [4.69, 9.17) is 15.2 Å². The van der Waals surface area contributed by atoms with Crippen LogP contribution in [0.2, 0.25) is 0 Å². The molecule has 10 nitrogen and oxygen atoms in total. The summed E-state index contributed by atoms with van der Waals surface area (Å²) in [7, 11) is -3.93. The predicted molar refractivity (Wildman–Crippen MR) is 142 cm³/mol. The van der Waals surface area contributed by atoms with Crippen molar-refractivity contribution in [2.45, 2.75) is 37.8 Å². The van der Waals surface area contributed by atoms with Crippen molar-refractivity contribution in [3.05, 3.63) is 53.6 Å². The SMILES string of the molecule is CC(C)Cc1ccc(S(=O)(=O)Nc2ccc(N3CCN(CCC#N)CC3)cc2C(=O)O)cc1.O=C(O)C(F)(F)F. The highest BCUT2D eigenvalue weighted by Crippen LogP contribution is 2.27. The molecule has 2 aromatic rings. The van der Waals surface area contributed by atoms with Crippen LogP contribution in [0.4, 0.5) is 24.5 Å². The van der Waals surface area contributed by atoms with E-state index in [0.717, 1.165) is 37.3 Å². The molecule has 1 saturated heterocycles. The zero-order valence-corrected chi connectivity index (χ0v) is 22.8. The first kappa shape index (κ1) is 32.4. The van der Waals surface area contributed by atoms with E-state index in [-0.39, 0.29) is 16.1 Å². The van der Waals surface area contributed by atoms with Crippen molar-refractivity contribution in [2.24, 2.45) is 5.92 Å². The van der Waals surface area contributed by atoms with Crippen molar-refractivity contribution in [1.82, 2.24) is 4.90 Å². The van der Waals surface area contributed by atoms with Gasteiger partial charge in [-0.1, -0.05) is 26.0 Å². The van der Waals surface area contributed by atoms with Gasteiger partial charge in [-0.2, -0.15) is 18.4 Å². The Kier molecular flexibility index (Phi) is 11.3. The first-order valence-electron chi connectivity index (χ1n) is 12.3. The second-order valence-electron chi connectivity index (χ2n) is 9.42. The van der Waals surface area contributed by atoms with Crippen LogP contribution in [0.5, 0.6) is 0 Å². The summed E-state index contributed by atoms with van der Waals surface area (Å²) in [6.45, 7) is 7.90. The maximum Gasteiger partial charge on any atom is 0.490 e. The fourth-order valence-corrected chi connectivity index (χ4v) is 4.99. The molecular weight excluding hydrogens is 553 g/mol. The first-order valence-corrected chi connectivity index (χ1v) is 13.8. The molecule has 0 radical (unpaired) electrons. The number of carboxylic acid groups (broad SMARTS) is 2. The number of piperazine rings is 1. The molecule has 0 aliphatic carbocycles. The Bertz CT molecular complexity index is 1320. The Morgan fingerprint density at radius 1 is 1.05 bits per heavy atom. The Balaban J connectivity index is 0.000000708. The molecule has 14 heteroatoms. The zero-order valence-electron chi connectivity index (χ0n) is 22.0. The van der Waals surface area contributed by atoms with Crippen LogP contribution in [0.3, 0.4) is 0 Å². The third kappa shape index (κ3) is 9.73. The molecule has 40 heavy (non-hydrogen) atoms. The molecule has 3 rings (SSSR count). The summed E-state index contributed by atoms with van der Waals surface area (Å²) in [5.74, 6) is -3.50. The van der Waals surface area contributed by atoms with E-state index in [2.05, 4.69) is 34.4 Å². The monoisotopic (exact) mass is 584 g/mol. The lowest BCUT2D eigenvalue weighted by Gasteiger charge is -2.36. The van der Waals surface area contributed by atoms with Crippen LogP contribution in [0, 0.1) is 17.2 Å². The second kappa shape index (κ2) is 14.0. The van der Waals surface area contributed by atoms with E-state index < -0.39 is 28.1 Å². The molecular formula is C26H31F3N4O6S. The van der Waals surface area contributed by atoms with Gasteiger partial charge in [-0.05, 0) is 48.2 Å². The summed E-state index contributed by atoms with van der Waals surface area (Å²) in [5.41, 5.74) is 1.71. The van der Waals surface area contributed by atoms with Crippen molar-refractivity contribution >= 4 is 33.3 Å². The third-order valence-corrected chi connectivity index (χ3v) is 7.26. The lowest BCUT2D eigenvalue weighted by Crippen LogP contribution is -2.46. The summed E-state index contributed by atoms with van der Waals surface area (Å²) in [6.07, 6.45) is -3.75. The number of anilines is 2. The van der Waals surface area contributed by atoms with Gasteiger partial charge in [0.2, 0.25) is 0 Å². The van der Waals surface area contributed by atoms with Gasteiger partial charge in [-0.3, -0.25) is 9.62 Å². The molecule has 0 saturated carbocycles. The predicted octanol–water partition coefficient (Wildman–Crippen LogP) is 4.05. The lowest BCUT2D eigenvalue weighted by molar-refractivity contribution is -0.192. The minimum Gasteiger partial charge on any atom is -0.478 e. The number of aliphatic carboxylic acids is 1. The number of benzene rings is 2. The van der Waals surface area contributed by atoms with Crippen LogP contribution in [-0.4, -0.2) is 74.4 Å². The summed E-state index contributed by atoms with van der Waals surface area (Å²) >= 11 is 0. The van der Waals surface area contributed by atoms with Crippen LogP contribution in [0.1, 0.15) is 36.2 Å². The lowest BCUT2D eigenvalue weighted by atomic mass is 10.0. The quantitative estimate of drug-likeness (QED) is 0.396. The molecule has 0 spiro atoms. The average Bonchev–Trinajstić information content (AvgIpc) is 2.87. The molecule has 0 atom stereocenters. The largest absolute Gasteiger partial charge is 0.490 e. The third-order valence-electron chi connectivity index (χ3n) is 5.88. The van der Waals surface area contributed by atoms with Gasteiger partial charge in [-0.15, -0.1) is 0 Å². The fraction of sp³-hybridized carbons (Fsp3) is 0.423. The van der Waals surface area contributed by atoms with Crippen molar-refractivity contribution in [3.63, 3.8) is 0 Å². The van der Waals surface area contributed by atoms with E-state index in [1.807, 2.05) is 0 Å². The maximum absolute atomic E-state index is 12.9. The number of carboxylic acids is 2. The number of rotatable bonds is 9. The second-order valence-corrected chi connectivity index (χ2v) is 11.1. The van der Waals surface area contributed by atoms with Gasteiger partial charge in [0.1, 0.15) is 0 Å². The van der Waals surface area contributed by atoms with Crippen LogP contribution >= 0.6 is 0 Å². The molecule has 0 aromatic heterocycles. The number of halogens is 3. The molecule has 0 bridgehead atoms. The van der Waals surface area contributed by atoms with E-state index >= 15 is 0 Å². The van der Waals surface area contributed by atoms with Crippen LogP contribution in [0.25, 0.3) is 0 Å². The van der Waals surface area contributed by atoms with Gasteiger partial charge < -0.3 is 15.1 Å². The van der Waals surface area contributed by atoms with Crippen molar-refractivity contribution in [1.29, 1.82) is 5.26 Å². The van der Waals surface area contributed by atoms with Crippen LogP contribution < -0.4 is 9.62 Å². The Morgan fingerprint density at radius 2 is 1.62 bits per heavy atom. The van der Waals surface area contributed by atoms with Crippen LogP contribution in [-0.2, 0) is 21.2 Å². The number of nitrogens with one attached hydrogen (secondary N) is 1. The fourth-order valence-electron chi connectivity index (χ4n) is 3.91. The highest BCUT2D eigenvalue weighted by molar-refractivity contribution is 7.92. The average molecular weight is 585 g/mol. The number of carbonyl (C=O) groups is 2. The number of hydrogen-bond acceptors (Lipinski definition) is 7. The van der Waals surface area contributed by atoms with Crippen LogP contribution in [0.15, 0.2) is 47.4 Å². The van der Waals surface area contributed by atoms with Gasteiger partial charge in [0, 0.05) is 44.8 Å². The number of aromatic carboxylic acids is 1. The van der Waals surface area contributed by atoms with Crippen molar-refractivity contribution in [2.75, 3.05) is 42.3 Å². The number of sulfonamides is 1. The molecule has 1 aliphatic rings. The highest BCUT2D eigenvalue weighted by Gasteiger charge is 2.38. The van der Waals surface area contributed by atoms with E-state index in [0.29, 0.717) is 25.4 Å².